The van der Waals surface area contributed by atoms with E-state index < -0.39 is 5.97 Å². The van der Waals surface area contributed by atoms with Gasteiger partial charge in [0.1, 0.15) is 9.88 Å². The molecule has 0 saturated carbocycles. The summed E-state index contributed by atoms with van der Waals surface area (Å²) in [5.74, 6) is -0.941. The van der Waals surface area contributed by atoms with Crippen LogP contribution in [0, 0.1) is 0 Å². The largest absolute Gasteiger partial charge is 0.477 e. The van der Waals surface area contributed by atoms with Crippen LogP contribution in [0.3, 0.4) is 0 Å². The molecule has 0 atom stereocenters. The maximum atomic E-state index is 11.1. The molecule has 5 heteroatoms. The Bertz CT molecular complexity index is 785. The summed E-state index contributed by atoms with van der Waals surface area (Å²) in [6.45, 7) is 0. The van der Waals surface area contributed by atoms with Gasteiger partial charge in [0.15, 0.2) is 6.29 Å². The Morgan fingerprint density at radius 2 is 2.00 bits per heavy atom. The third-order valence-electron chi connectivity index (χ3n) is 2.91. The molecule has 2 aromatic heterocycles. The lowest BCUT2D eigenvalue weighted by Gasteiger charge is -2.00. The van der Waals surface area contributed by atoms with Crippen LogP contribution in [0.25, 0.3) is 15.9 Å². The van der Waals surface area contributed by atoms with Crippen molar-refractivity contribution in [2.45, 2.75) is 0 Å². The summed E-state index contributed by atoms with van der Waals surface area (Å²) in [4.78, 5) is 22.3. The molecule has 0 amide bonds. The van der Waals surface area contributed by atoms with Crippen molar-refractivity contribution in [1.29, 1.82) is 0 Å². The number of aromatic carboxylic acids is 1. The van der Waals surface area contributed by atoms with Gasteiger partial charge in [-0.25, -0.2) is 4.79 Å². The molecule has 0 aliphatic carbocycles. The van der Waals surface area contributed by atoms with Gasteiger partial charge in [-0.1, -0.05) is 18.2 Å². The van der Waals surface area contributed by atoms with Crippen LogP contribution in [-0.4, -0.2) is 21.9 Å². The van der Waals surface area contributed by atoms with Gasteiger partial charge in [0, 0.05) is 17.1 Å². The number of hydrogen-bond acceptors (Lipinski definition) is 3. The van der Waals surface area contributed by atoms with Crippen LogP contribution in [0.2, 0.25) is 0 Å². The first-order chi connectivity index (χ1) is 9.20. The fraction of sp³-hybridized carbons (Fsp3) is 0. The molecule has 0 fully saturated rings. The van der Waals surface area contributed by atoms with Gasteiger partial charge in [0.05, 0.1) is 5.52 Å². The van der Waals surface area contributed by atoms with Gasteiger partial charge in [-0.05, 0) is 18.2 Å². The second-order valence-corrected chi connectivity index (χ2v) is 5.09. The number of aldehydes is 1. The highest BCUT2D eigenvalue weighted by Gasteiger charge is 2.12. The minimum absolute atomic E-state index is 0.278. The van der Waals surface area contributed by atoms with Crippen LogP contribution in [0.15, 0.2) is 42.6 Å². The molecular formula is C14H9NO3S. The molecule has 2 heterocycles. The van der Waals surface area contributed by atoms with E-state index in [2.05, 4.69) is 0 Å². The van der Waals surface area contributed by atoms with E-state index in [0.29, 0.717) is 5.56 Å². The molecule has 3 rings (SSSR count). The van der Waals surface area contributed by atoms with E-state index in [1.54, 1.807) is 18.3 Å². The maximum Gasteiger partial charge on any atom is 0.345 e. The SMILES string of the molecule is O=Cc1cn(-c2ccc(C(=O)O)s2)c2ccccc12. The summed E-state index contributed by atoms with van der Waals surface area (Å²) in [5, 5.41) is 10.6. The average Bonchev–Trinajstić information content (AvgIpc) is 3.03. The number of carboxylic acids is 1. The number of nitrogens with zero attached hydrogens (tertiary/aromatic N) is 1. The first-order valence-electron chi connectivity index (χ1n) is 5.59. The van der Waals surface area contributed by atoms with Crippen LogP contribution in [0.4, 0.5) is 0 Å². The summed E-state index contributed by atoms with van der Waals surface area (Å²) in [6, 6.07) is 10.9. The number of carbonyl (C=O) groups is 2. The monoisotopic (exact) mass is 271 g/mol. The molecule has 94 valence electrons. The lowest BCUT2D eigenvalue weighted by molar-refractivity contribution is 0.0702. The van der Waals surface area contributed by atoms with E-state index in [4.69, 9.17) is 5.11 Å². The van der Waals surface area contributed by atoms with Gasteiger partial charge >= 0.3 is 5.97 Å². The van der Waals surface area contributed by atoms with Crippen LogP contribution in [-0.2, 0) is 0 Å². The van der Waals surface area contributed by atoms with E-state index in [1.807, 2.05) is 28.8 Å². The molecule has 0 bridgehead atoms. The van der Waals surface area contributed by atoms with Crippen molar-refractivity contribution in [1.82, 2.24) is 4.57 Å². The number of hydrogen-bond donors (Lipinski definition) is 1. The van der Waals surface area contributed by atoms with E-state index in [0.717, 1.165) is 22.2 Å². The average molecular weight is 271 g/mol. The molecular weight excluding hydrogens is 262 g/mol. The molecule has 3 aromatic rings. The van der Waals surface area contributed by atoms with Gasteiger partial charge in [-0.2, -0.15) is 0 Å². The Morgan fingerprint density at radius 3 is 2.68 bits per heavy atom. The van der Waals surface area contributed by atoms with E-state index in [1.165, 1.54) is 11.3 Å². The van der Waals surface area contributed by atoms with E-state index in [9.17, 15) is 9.59 Å². The number of carboxylic acid groups (broad SMARTS) is 1. The molecule has 0 saturated heterocycles. The van der Waals surface area contributed by atoms with Gasteiger partial charge in [-0.3, -0.25) is 4.79 Å². The fourth-order valence-electron chi connectivity index (χ4n) is 2.05. The van der Waals surface area contributed by atoms with Crippen LogP contribution in [0.1, 0.15) is 20.0 Å². The normalized spacial score (nSPS) is 10.7. The van der Waals surface area contributed by atoms with Gasteiger partial charge in [0.2, 0.25) is 0 Å². The Morgan fingerprint density at radius 1 is 1.21 bits per heavy atom. The summed E-state index contributed by atoms with van der Waals surface area (Å²) >= 11 is 1.18. The van der Waals surface area contributed by atoms with Crippen molar-refractivity contribution in [2.24, 2.45) is 0 Å². The molecule has 0 aliphatic rings. The smallest absolute Gasteiger partial charge is 0.345 e. The second kappa shape index (κ2) is 4.37. The third kappa shape index (κ3) is 1.84. The number of para-hydroxylation sites is 1. The van der Waals surface area contributed by atoms with Crippen molar-refractivity contribution in [3.63, 3.8) is 0 Å². The van der Waals surface area contributed by atoms with Gasteiger partial charge < -0.3 is 9.67 Å². The quantitative estimate of drug-likeness (QED) is 0.744. The van der Waals surface area contributed by atoms with Crippen molar-refractivity contribution >= 4 is 34.5 Å². The number of carbonyl (C=O) groups excluding carboxylic acids is 1. The molecule has 4 nitrogen and oxygen atoms in total. The molecule has 0 radical (unpaired) electrons. The minimum atomic E-state index is -0.941. The Hall–Kier alpha value is -2.40. The van der Waals surface area contributed by atoms with Crippen molar-refractivity contribution < 1.29 is 14.7 Å². The standard InChI is InChI=1S/C14H9NO3S/c16-8-9-7-15(11-4-2-1-3-10(9)11)13-6-5-12(19-13)14(17)18/h1-8H,(H,17,18). The summed E-state index contributed by atoms with van der Waals surface area (Å²) in [5.41, 5.74) is 1.49. The van der Waals surface area contributed by atoms with Crippen molar-refractivity contribution in [3.8, 4) is 5.00 Å². The molecule has 1 aromatic carbocycles. The molecule has 19 heavy (non-hydrogen) atoms. The first kappa shape index (κ1) is 11.7. The minimum Gasteiger partial charge on any atom is -0.477 e. The molecule has 0 aliphatic heterocycles. The maximum absolute atomic E-state index is 11.1. The van der Waals surface area contributed by atoms with E-state index in [-0.39, 0.29) is 4.88 Å². The number of thiophene rings is 1. The lowest BCUT2D eigenvalue weighted by atomic mass is 10.2. The number of rotatable bonds is 3. The summed E-state index contributed by atoms with van der Waals surface area (Å²) < 4.78 is 1.84. The number of fused-ring (bicyclic) bond motifs is 1. The lowest BCUT2D eigenvalue weighted by Crippen LogP contribution is -1.90. The predicted octanol–water partition coefficient (Wildman–Crippen LogP) is 3.20. The molecule has 1 N–H and O–H groups in total. The summed E-state index contributed by atoms with van der Waals surface area (Å²) in [7, 11) is 0. The zero-order chi connectivity index (χ0) is 13.4. The van der Waals surface area contributed by atoms with Crippen molar-refractivity contribution in [3.05, 3.63) is 53.0 Å². The first-order valence-corrected chi connectivity index (χ1v) is 6.41. The molecule has 0 unspecified atom stereocenters. The Labute approximate surface area is 112 Å². The van der Waals surface area contributed by atoms with Crippen LogP contribution >= 0.6 is 11.3 Å². The van der Waals surface area contributed by atoms with Crippen LogP contribution < -0.4 is 0 Å². The number of aromatic nitrogens is 1. The highest BCUT2D eigenvalue weighted by atomic mass is 32.1. The fourth-order valence-corrected chi connectivity index (χ4v) is 2.89. The van der Waals surface area contributed by atoms with E-state index >= 15 is 0 Å². The van der Waals surface area contributed by atoms with Crippen LogP contribution in [0.5, 0.6) is 0 Å². The topological polar surface area (TPSA) is 59.3 Å². The predicted molar refractivity (Wildman–Crippen MR) is 73.5 cm³/mol. The van der Waals surface area contributed by atoms with Crippen molar-refractivity contribution in [2.75, 3.05) is 0 Å². The number of benzene rings is 1. The van der Waals surface area contributed by atoms with Gasteiger partial charge in [0.25, 0.3) is 0 Å². The van der Waals surface area contributed by atoms with Gasteiger partial charge in [-0.15, -0.1) is 11.3 Å². The summed E-state index contributed by atoms with van der Waals surface area (Å²) in [6.07, 6.45) is 2.54. The molecule has 0 spiro atoms. The highest BCUT2D eigenvalue weighted by molar-refractivity contribution is 7.16. The second-order valence-electron chi connectivity index (χ2n) is 4.03. The zero-order valence-electron chi connectivity index (χ0n) is 9.74. The highest BCUT2D eigenvalue weighted by Crippen LogP contribution is 2.28. The Kier molecular flexibility index (Phi) is 2.68. The zero-order valence-corrected chi connectivity index (χ0v) is 10.6. The third-order valence-corrected chi connectivity index (χ3v) is 3.98. The Balaban J connectivity index is 2.24.